The Bertz CT molecular complexity index is 271. The SMILES string of the molecule is CC(C)OCC(N)c1ccc(Br)cc1. The van der Waals surface area contributed by atoms with Gasteiger partial charge in [0, 0.05) is 4.47 Å². The molecule has 14 heavy (non-hydrogen) atoms. The minimum absolute atomic E-state index is 0.0366. The molecular weight excluding hydrogens is 242 g/mol. The average molecular weight is 258 g/mol. The second kappa shape index (κ2) is 5.49. The Balaban J connectivity index is 2.52. The van der Waals surface area contributed by atoms with Crippen molar-refractivity contribution in [2.75, 3.05) is 6.61 Å². The van der Waals surface area contributed by atoms with Gasteiger partial charge in [0.2, 0.25) is 0 Å². The molecule has 0 amide bonds. The summed E-state index contributed by atoms with van der Waals surface area (Å²) in [6, 6.07) is 7.97. The van der Waals surface area contributed by atoms with Gasteiger partial charge < -0.3 is 10.5 Å². The molecule has 2 N–H and O–H groups in total. The zero-order chi connectivity index (χ0) is 10.6. The van der Waals surface area contributed by atoms with E-state index in [0.29, 0.717) is 6.61 Å². The van der Waals surface area contributed by atoms with Crippen LogP contribution in [0.5, 0.6) is 0 Å². The van der Waals surface area contributed by atoms with Crippen molar-refractivity contribution in [2.24, 2.45) is 5.73 Å². The Hall–Kier alpha value is -0.380. The number of nitrogens with two attached hydrogens (primary N) is 1. The van der Waals surface area contributed by atoms with E-state index < -0.39 is 0 Å². The zero-order valence-electron chi connectivity index (χ0n) is 8.53. The lowest BCUT2D eigenvalue weighted by atomic mass is 10.1. The smallest absolute Gasteiger partial charge is 0.0662 e. The van der Waals surface area contributed by atoms with Crippen molar-refractivity contribution in [1.82, 2.24) is 0 Å². The Morgan fingerprint density at radius 3 is 2.36 bits per heavy atom. The van der Waals surface area contributed by atoms with E-state index in [1.54, 1.807) is 0 Å². The molecule has 0 aliphatic heterocycles. The largest absolute Gasteiger partial charge is 0.377 e. The van der Waals surface area contributed by atoms with Crippen LogP contribution in [0.1, 0.15) is 25.5 Å². The van der Waals surface area contributed by atoms with Gasteiger partial charge in [0.15, 0.2) is 0 Å². The van der Waals surface area contributed by atoms with E-state index in [0.717, 1.165) is 10.0 Å². The van der Waals surface area contributed by atoms with Crippen molar-refractivity contribution < 1.29 is 4.74 Å². The van der Waals surface area contributed by atoms with Gasteiger partial charge in [-0.1, -0.05) is 28.1 Å². The van der Waals surface area contributed by atoms with E-state index in [1.807, 2.05) is 38.1 Å². The molecule has 3 heteroatoms. The normalized spacial score (nSPS) is 13.2. The summed E-state index contributed by atoms with van der Waals surface area (Å²) >= 11 is 3.38. The minimum atomic E-state index is -0.0366. The van der Waals surface area contributed by atoms with Crippen LogP contribution in [-0.4, -0.2) is 12.7 Å². The van der Waals surface area contributed by atoms with Crippen LogP contribution in [0.3, 0.4) is 0 Å². The van der Waals surface area contributed by atoms with Gasteiger partial charge in [-0.3, -0.25) is 0 Å². The third kappa shape index (κ3) is 3.78. The van der Waals surface area contributed by atoms with E-state index >= 15 is 0 Å². The van der Waals surface area contributed by atoms with Crippen molar-refractivity contribution >= 4 is 15.9 Å². The topological polar surface area (TPSA) is 35.2 Å². The summed E-state index contributed by atoms with van der Waals surface area (Å²) in [5.74, 6) is 0. The summed E-state index contributed by atoms with van der Waals surface area (Å²) in [5, 5.41) is 0. The van der Waals surface area contributed by atoms with E-state index in [4.69, 9.17) is 10.5 Å². The Kier molecular flexibility index (Phi) is 4.58. The molecule has 0 saturated heterocycles. The molecule has 0 bridgehead atoms. The summed E-state index contributed by atoms with van der Waals surface area (Å²) in [6.07, 6.45) is 0.233. The van der Waals surface area contributed by atoms with Gasteiger partial charge in [-0.05, 0) is 31.5 Å². The number of benzene rings is 1. The van der Waals surface area contributed by atoms with Crippen LogP contribution in [0.15, 0.2) is 28.7 Å². The molecule has 1 atom stereocenters. The summed E-state index contributed by atoms with van der Waals surface area (Å²) in [5.41, 5.74) is 7.06. The molecule has 0 spiro atoms. The van der Waals surface area contributed by atoms with Crippen LogP contribution < -0.4 is 5.73 Å². The number of halogens is 1. The predicted octanol–water partition coefficient (Wildman–Crippen LogP) is 2.87. The van der Waals surface area contributed by atoms with Crippen molar-refractivity contribution in [3.05, 3.63) is 34.3 Å². The summed E-state index contributed by atoms with van der Waals surface area (Å²) < 4.78 is 6.52. The van der Waals surface area contributed by atoms with E-state index in [-0.39, 0.29) is 12.1 Å². The maximum Gasteiger partial charge on any atom is 0.0662 e. The van der Waals surface area contributed by atoms with Gasteiger partial charge in [-0.15, -0.1) is 0 Å². The first kappa shape index (κ1) is 11.7. The molecule has 0 aliphatic rings. The van der Waals surface area contributed by atoms with E-state index in [9.17, 15) is 0 Å². The van der Waals surface area contributed by atoms with Crippen LogP contribution in [-0.2, 0) is 4.74 Å². The zero-order valence-corrected chi connectivity index (χ0v) is 10.1. The van der Waals surface area contributed by atoms with Crippen molar-refractivity contribution in [2.45, 2.75) is 26.0 Å². The highest BCUT2D eigenvalue weighted by Crippen LogP contribution is 2.15. The molecule has 1 rings (SSSR count). The van der Waals surface area contributed by atoms with Crippen molar-refractivity contribution in [3.63, 3.8) is 0 Å². The first-order chi connectivity index (χ1) is 6.59. The average Bonchev–Trinajstić information content (AvgIpc) is 2.15. The molecule has 0 saturated carbocycles. The molecule has 0 aromatic heterocycles. The number of rotatable bonds is 4. The van der Waals surface area contributed by atoms with Crippen molar-refractivity contribution in [1.29, 1.82) is 0 Å². The molecule has 0 aliphatic carbocycles. The molecule has 1 aromatic rings. The third-order valence-corrected chi connectivity index (χ3v) is 2.44. The fraction of sp³-hybridized carbons (Fsp3) is 0.455. The highest BCUT2D eigenvalue weighted by Gasteiger charge is 2.06. The quantitative estimate of drug-likeness (QED) is 0.901. The second-order valence-corrected chi connectivity index (χ2v) is 4.46. The van der Waals surface area contributed by atoms with Gasteiger partial charge in [0.1, 0.15) is 0 Å². The standard InChI is InChI=1S/C11H16BrNO/c1-8(2)14-7-11(13)9-3-5-10(12)6-4-9/h3-6,8,11H,7,13H2,1-2H3. The maximum atomic E-state index is 5.95. The molecule has 1 unspecified atom stereocenters. The van der Waals surface area contributed by atoms with Gasteiger partial charge in [-0.2, -0.15) is 0 Å². The fourth-order valence-electron chi connectivity index (χ4n) is 1.10. The minimum Gasteiger partial charge on any atom is -0.377 e. The molecule has 78 valence electrons. The van der Waals surface area contributed by atoms with Gasteiger partial charge in [-0.25, -0.2) is 0 Å². The van der Waals surface area contributed by atoms with E-state index in [2.05, 4.69) is 15.9 Å². The summed E-state index contributed by atoms with van der Waals surface area (Å²) in [7, 11) is 0. The Morgan fingerprint density at radius 2 is 1.86 bits per heavy atom. The Morgan fingerprint density at radius 1 is 1.29 bits per heavy atom. The molecule has 2 nitrogen and oxygen atoms in total. The lowest BCUT2D eigenvalue weighted by Gasteiger charge is -2.14. The van der Waals surface area contributed by atoms with Gasteiger partial charge in [0.25, 0.3) is 0 Å². The lowest BCUT2D eigenvalue weighted by molar-refractivity contribution is 0.0683. The van der Waals surface area contributed by atoms with Crippen LogP contribution in [0.2, 0.25) is 0 Å². The molecule has 0 fully saturated rings. The monoisotopic (exact) mass is 257 g/mol. The molecular formula is C11H16BrNO. The van der Waals surface area contributed by atoms with E-state index in [1.165, 1.54) is 0 Å². The van der Waals surface area contributed by atoms with Crippen LogP contribution >= 0.6 is 15.9 Å². The molecule has 0 heterocycles. The highest BCUT2D eigenvalue weighted by molar-refractivity contribution is 9.10. The number of ether oxygens (including phenoxy) is 1. The fourth-order valence-corrected chi connectivity index (χ4v) is 1.37. The maximum absolute atomic E-state index is 5.95. The summed E-state index contributed by atoms with van der Waals surface area (Å²) in [6.45, 7) is 4.59. The Labute approximate surface area is 93.6 Å². The second-order valence-electron chi connectivity index (χ2n) is 3.54. The van der Waals surface area contributed by atoms with Gasteiger partial charge in [0.05, 0.1) is 18.8 Å². The van der Waals surface area contributed by atoms with Crippen LogP contribution in [0.25, 0.3) is 0 Å². The molecule has 0 radical (unpaired) electrons. The summed E-state index contributed by atoms with van der Waals surface area (Å²) in [4.78, 5) is 0. The number of hydrogen-bond donors (Lipinski definition) is 1. The van der Waals surface area contributed by atoms with Crippen LogP contribution in [0, 0.1) is 0 Å². The lowest BCUT2D eigenvalue weighted by Crippen LogP contribution is -2.19. The molecule has 1 aromatic carbocycles. The first-order valence-electron chi connectivity index (χ1n) is 4.72. The predicted molar refractivity (Wildman–Crippen MR) is 62.2 cm³/mol. The van der Waals surface area contributed by atoms with Crippen molar-refractivity contribution in [3.8, 4) is 0 Å². The number of hydrogen-bond acceptors (Lipinski definition) is 2. The first-order valence-corrected chi connectivity index (χ1v) is 5.51. The third-order valence-electron chi connectivity index (χ3n) is 1.91. The van der Waals surface area contributed by atoms with Gasteiger partial charge >= 0.3 is 0 Å². The van der Waals surface area contributed by atoms with Crippen LogP contribution in [0.4, 0.5) is 0 Å². The highest BCUT2D eigenvalue weighted by atomic mass is 79.9.